The van der Waals surface area contributed by atoms with E-state index < -0.39 is 0 Å². The van der Waals surface area contributed by atoms with Crippen LogP contribution in [0.5, 0.6) is 0 Å². The van der Waals surface area contributed by atoms with Gasteiger partial charge in [0.1, 0.15) is 0 Å². The van der Waals surface area contributed by atoms with Gasteiger partial charge in [0.2, 0.25) is 0 Å². The number of hydrogen-bond donors (Lipinski definition) is 0. The van der Waals surface area contributed by atoms with Crippen molar-refractivity contribution in [3.63, 3.8) is 0 Å². The van der Waals surface area contributed by atoms with Crippen LogP contribution in [-0.4, -0.2) is 6.71 Å². The third kappa shape index (κ3) is 8.42. The fourth-order valence-corrected chi connectivity index (χ4v) is 12.6. The second-order valence-electron chi connectivity index (χ2n) is 26.8. The SMILES string of the molecule is CC(C)(C)c1ccc(-c2ccccc2N(c2ccccc2)c2ccc3c(c2)N(c2ccc(C(C)(C)C)cc2)c2cc(C(C)(C)C)cc4c2B3c2cc(C(C)(C)C)ccc2N4c2ccc3c(c2)C(C)(C)c2ccccc2-3)cc1. The highest BCUT2D eigenvalue weighted by atomic mass is 15.2. The quantitative estimate of drug-likeness (QED) is 0.154. The van der Waals surface area contributed by atoms with Gasteiger partial charge in [-0.3, -0.25) is 0 Å². The fraction of sp³-hybridized carbons (Fsp3) is 0.260. The van der Waals surface area contributed by atoms with Crippen LogP contribution in [0, 0.1) is 0 Å². The van der Waals surface area contributed by atoms with E-state index in [4.69, 9.17) is 0 Å². The Labute approximate surface area is 460 Å². The first-order chi connectivity index (χ1) is 36.5. The molecule has 0 fully saturated rings. The molecule has 0 radical (unpaired) electrons. The highest BCUT2D eigenvalue weighted by molar-refractivity contribution is 7.00. The summed E-state index contributed by atoms with van der Waals surface area (Å²) in [7, 11) is 0. The summed E-state index contributed by atoms with van der Waals surface area (Å²) in [5.41, 5.74) is 27.3. The lowest BCUT2D eigenvalue weighted by Gasteiger charge is -2.46. The van der Waals surface area contributed by atoms with Gasteiger partial charge in [-0.15, -0.1) is 0 Å². The molecule has 0 atom stereocenters. The summed E-state index contributed by atoms with van der Waals surface area (Å²) in [6.07, 6.45) is 0. The van der Waals surface area contributed by atoms with Gasteiger partial charge in [0, 0.05) is 56.5 Å². The first-order valence-corrected chi connectivity index (χ1v) is 28.0. The van der Waals surface area contributed by atoms with Crippen molar-refractivity contribution in [2.75, 3.05) is 14.7 Å². The Balaban J connectivity index is 1.14. The van der Waals surface area contributed by atoms with E-state index in [1.165, 1.54) is 100 Å². The smallest absolute Gasteiger partial charge is 0.252 e. The van der Waals surface area contributed by atoms with Gasteiger partial charge in [-0.25, -0.2) is 0 Å². The van der Waals surface area contributed by atoms with Crippen LogP contribution in [0.4, 0.5) is 51.2 Å². The molecule has 77 heavy (non-hydrogen) atoms. The lowest BCUT2D eigenvalue weighted by atomic mass is 9.33. The van der Waals surface area contributed by atoms with E-state index in [9.17, 15) is 0 Å². The maximum absolute atomic E-state index is 2.62. The second-order valence-corrected chi connectivity index (χ2v) is 26.8. The van der Waals surface area contributed by atoms with Crippen LogP contribution >= 0.6 is 0 Å². The van der Waals surface area contributed by atoms with Crippen LogP contribution in [0.2, 0.25) is 0 Å². The van der Waals surface area contributed by atoms with Gasteiger partial charge in [-0.05, 0) is 161 Å². The summed E-state index contributed by atoms with van der Waals surface area (Å²) in [4.78, 5) is 7.70. The van der Waals surface area contributed by atoms with Crippen molar-refractivity contribution in [3.8, 4) is 22.3 Å². The summed E-state index contributed by atoms with van der Waals surface area (Å²) in [6, 6.07) is 74.6. The Kier molecular flexibility index (Phi) is 11.6. The minimum atomic E-state index is -0.159. The number of benzene rings is 9. The summed E-state index contributed by atoms with van der Waals surface area (Å²) >= 11 is 0. The molecule has 4 heteroatoms. The average Bonchev–Trinajstić information content (AvgIpc) is 3.74. The van der Waals surface area contributed by atoms with Crippen molar-refractivity contribution < 1.29 is 0 Å². The second kappa shape index (κ2) is 17.7. The van der Waals surface area contributed by atoms with Gasteiger partial charge in [0.25, 0.3) is 6.71 Å². The maximum Gasteiger partial charge on any atom is 0.252 e. The van der Waals surface area contributed by atoms with E-state index in [2.05, 4.69) is 306 Å². The molecule has 12 rings (SSSR count). The van der Waals surface area contributed by atoms with Crippen LogP contribution in [0.3, 0.4) is 0 Å². The zero-order valence-corrected chi connectivity index (χ0v) is 47.9. The Bertz CT molecular complexity index is 3760. The topological polar surface area (TPSA) is 9.72 Å². The van der Waals surface area contributed by atoms with Gasteiger partial charge in [0.05, 0.1) is 5.69 Å². The van der Waals surface area contributed by atoms with E-state index in [0.717, 1.165) is 22.7 Å². The van der Waals surface area contributed by atoms with Crippen LogP contribution in [0.1, 0.15) is 130 Å². The fourth-order valence-electron chi connectivity index (χ4n) is 12.6. The number of anilines is 9. The molecule has 0 aromatic heterocycles. The molecule has 0 unspecified atom stereocenters. The monoisotopic (exact) mass is 1000 g/mol. The molecular weight excluding hydrogens is 930 g/mol. The molecule has 0 saturated heterocycles. The molecule has 2 heterocycles. The van der Waals surface area contributed by atoms with Gasteiger partial charge < -0.3 is 14.7 Å². The van der Waals surface area contributed by atoms with Gasteiger partial charge >= 0.3 is 0 Å². The average molecular weight is 1000 g/mol. The summed E-state index contributed by atoms with van der Waals surface area (Å²) in [5, 5.41) is 0. The third-order valence-corrected chi connectivity index (χ3v) is 17.1. The van der Waals surface area contributed by atoms with E-state index >= 15 is 0 Å². The van der Waals surface area contributed by atoms with Crippen molar-refractivity contribution in [2.45, 2.75) is 124 Å². The number of fused-ring (bicyclic) bond motifs is 7. The zero-order chi connectivity index (χ0) is 54.1. The lowest BCUT2D eigenvalue weighted by molar-refractivity contribution is 0.590. The van der Waals surface area contributed by atoms with Crippen molar-refractivity contribution in [3.05, 3.63) is 228 Å². The molecule has 384 valence electrons. The summed E-state index contributed by atoms with van der Waals surface area (Å²) in [6.45, 7) is 32.7. The Morgan fingerprint density at radius 3 is 1.53 bits per heavy atom. The predicted octanol–water partition coefficient (Wildman–Crippen LogP) is 18.4. The first kappa shape index (κ1) is 50.3. The molecule has 1 aliphatic carbocycles. The lowest BCUT2D eigenvalue weighted by Crippen LogP contribution is -2.61. The zero-order valence-electron chi connectivity index (χ0n) is 47.9. The normalized spacial score (nSPS) is 14.4. The molecule has 0 saturated carbocycles. The Hall–Kier alpha value is -7.56. The standard InChI is InChI=1S/C73H74BN3/c1-69(2,3)48-30-28-47(29-31-48)56-24-19-21-27-63(56)75(52-22-16-15-17-23-52)55-38-40-61-65(46-55)76(53-35-32-49(33-36-53)70(4,5)6)66-43-51(72(10,11)12)44-67-68(66)74(61)62-42-50(71(7,8)9)34-41-64(62)77(67)54-37-39-58-57-25-18-20-26-59(57)73(13,14)60(58)45-54/h15-46H,1-14H3. The first-order valence-electron chi connectivity index (χ1n) is 28.0. The number of nitrogens with zero attached hydrogens (tertiary/aromatic N) is 3. The molecule has 2 aliphatic heterocycles. The minimum Gasteiger partial charge on any atom is -0.311 e. The number of rotatable bonds is 6. The minimum absolute atomic E-state index is 0.000668. The Morgan fingerprint density at radius 1 is 0.364 bits per heavy atom. The summed E-state index contributed by atoms with van der Waals surface area (Å²) < 4.78 is 0. The van der Waals surface area contributed by atoms with Crippen molar-refractivity contribution >= 4 is 74.3 Å². The summed E-state index contributed by atoms with van der Waals surface area (Å²) in [5.74, 6) is 0. The molecule has 0 amide bonds. The highest BCUT2D eigenvalue weighted by Gasteiger charge is 2.46. The van der Waals surface area contributed by atoms with E-state index in [-0.39, 0.29) is 33.8 Å². The molecule has 9 aromatic carbocycles. The van der Waals surface area contributed by atoms with Gasteiger partial charge in [0.15, 0.2) is 0 Å². The van der Waals surface area contributed by atoms with Crippen LogP contribution in [-0.2, 0) is 27.1 Å². The molecular formula is C73H74BN3. The van der Waals surface area contributed by atoms with E-state index in [0.29, 0.717) is 0 Å². The van der Waals surface area contributed by atoms with Crippen LogP contribution < -0.4 is 31.1 Å². The number of hydrogen-bond acceptors (Lipinski definition) is 3. The van der Waals surface area contributed by atoms with Crippen molar-refractivity contribution in [1.82, 2.24) is 0 Å². The van der Waals surface area contributed by atoms with Crippen molar-refractivity contribution in [1.29, 1.82) is 0 Å². The Morgan fingerprint density at radius 2 is 0.896 bits per heavy atom. The predicted molar refractivity (Wildman–Crippen MR) is 333 cm³/mol. The van der Waals surface area contributed by atoms with Gasteiger partial charge in [-0.2, -0.15) is 0 Å². The molecule has 3 aliphatic rings. The molecule has 0 spiro atoms. The third-order valence-electron chi connectivity index (χ3n) is 17.1. The van der Waals surface area contributed by atoms with E-state index in [1.807, 2.05) is 0 Å². The number of para-hydroxylation sites is 2. The van der Waals surface area contributed by atoms with Gasteiger partial charge in [-0.1, -0.05) is 218 Å². The highest BCUT2D eigenvalue weighted by Crippen LogP contribution is 2.53. The van der Waals surface area contributed by atoms with E-state index in [1.54, 1.807) is 0 Å². The molecule has 9 aromatic rings. The van der Waals surface area contributed by atoms with Crippen LogP contribution in [0.15, 0.2) is 194 Å². The molecule has 0 N–H and O–H groups in total. The largest absolute Gasteiger partial charge is 0.311 e. The molecule has 3 nitrogen and oxygen atoms in total. The maximum atomic E-state index is 2.62. The van der Waals surface area contributed by atoms with Crippen molar-refractivity contribution in [2.24, 2.45) is 0 Å². The molecule has 0 bridgehead atoms. The van der Waals surface area contributed by atoms with Crippen LogP contribution in [0.25, 0.3) is 22.3 Å².